The molecule has 0 saturated heterocycles. The Labute approximate surface area is 518 Å². The zero-order valence-electron chi connectivity index (χ0n) is 56.0. The fraction of sp³-hybridized carbons (Fsp3) is 0.857. The fourth-order valence-corrected chi connectivity index (χ4v) is 11.2. The molecular weight excluding hydrogens is 1020 g/mol. The van der Waals surface area contributed by atoms with E-state index in [1.54, 1.807) is 0 Å². The number of ether oxygens (including phenoxy) is 3. The van der Waals surface area contributed by atoms with Gasteiger partial charge in [-0.1, -0.05) is 352 Å². The second kappa shape index (κ2) is 71.8. The maximum atomic E-state index is 13.0. The molecule has 0 fully saturated rings. The van der Waals surface area contributed by atoms with Crippen LogP contribution < -0.4 is 0 Å². The predicted molar refractivity (Wildman–Crippen MR) is 362 cm³/mol. The van der Waals surface area contributed by atoms with E-state index in [2.05, 4.69) is 69.4 Å². The number of esters is 3. The molecule has 0 aliphatic rings. The standard InChI is InChI=1S/C77H142O6/c1-4-7-10-13-16-19-22-25-28-30-32-34-35-36-37-38-39-40-41-43-44-46-49-52-55-58-61-64-67-70-76(79)82-73-74(72-81-75(78)69-66-63-60-57-54-51-48-27-24-21-18-15-12-9-6-3)83-77(80)71-68-65-62-59-56-53-50-47-45-42-33-31-29-26-23-20-17-14-11-8-5-2/h23,26,30-33,45,47,74H,4-22,24-25,27-29,34-44,46,48-73H2,1-3H3/b26-23-,32-30-,33-31-,47-45-. The van der Waals surface area contributed by atoms with Gasteiger partial charge >= 0.3 is 17.9 Å². The highest BCUT2D eigenvalue weighted by Gasteiger charge is 2.19. The molecule has 1 unspecified atom stereocenters. The minimum Gasteiger partial charge on any atom is -0.462 e. The lowest BCUT2D eigenvalue weighted by molar-refractivity contribution is -0.167. The van der Waals surface area contributed by atoms with Crippen molar-refractivity contribution in [3.8, 4) is 0 Å². The van der Waals surface area contributed by atoms with Crippen LogP contribution in [0.25, 0.3) is 0 Å². The Bertz CT molecular complexity index is 1430. The molecule has 0 aliphatic heterocycles. The summed E-state index contributed by atoms with van der Waals surface area (Å²) in [6.07, 6.45) is 91.5. The Morgan fingerprint density at radius 1 is 0.241 bits per heavy atom. The van der Waals surface area contributed by atoms with Crippen molar-refractivity contribution in [2.45, 2.75) is 412 Å². The van der Waals surface area contributed by atoms with Crippen molar-refractivity contribution in [1.82, 2.24) is 0 Å². The SMILES string of the molecule is CCCCCCC/C=C\C/C=C\C/C=C\CCCCCCCCC(=O)OC(COC(=O)CCCCCCCCCCCCCCCCC)COC(=O)CCCCCCCCCCCCCCCCCCC/C=C\CCCCCCCCCC. The van der Waals surface area contributed by atoms with Crippen LogP contribution in [0.4, 0.5) is 0 Å². The largest absolute Gasteiger partial charge is 0.462 e. The van der Waals surface area contributed by atoms with Crippen LogP contribution in [-0.4, -0.2) is 37.2 Å². The predicted octanol–water partition coefficient (Wildman–Crippen LogP) is 25.7. The topological polar surface area (TPSA) is 78.9 Å². The van der Waals surface area contributed by atoms with Gasteiger partial charge in [0.15, 0.2) is 6.10 Å². The molecule has 0 heterocycles. The molecule has 0 aliphatic carbocycles. The third kappa shape index (κ3) is 70.0. The first-order valence-electron chi connectivity index (χ1n) is 37.1. The highest BCUT2D eigenvalue weighted by Crippen LogP contribution is 2.18. The van der Waals surface area contributed by atoms with Crippen molar-refractivity contribution in [3.05, 3.63) is 48.6 Å². The van der Waals surface area contributed by atoms with Crippen LogP contribution in [0, 0.1) is 0 Å². The first-order valence-corrected chi connectivity index (χ1v) is 37.1. The molecule has 0 spiro atoms. The summed E-state index contributed by atoms with van der Waals surface area (Å²) < 4.78 is 17.0. The summed E-state index contributed by atoms with van der Waals surface area (Å²) in [7, 11) is 0. The van der Waals surface area contributed by atoms with Crippen molar-refractivity contribution in [2.24, 2.45) is 0 Å². The fourth-order valence-electron chi connectivity index (χ4n) is 11.2. The van der Waals surface area contributed by atoms with Crippen LogP contribution in [0.15, 0.2) is 48.6 Å². The van der Waals surface area contributed by atoms with Crippen molar-refractivity contribution in [1.29, 1.82) is 0 Å². The van der Waals surface area contributed by atoms with Gasteiger partial charge < -0.3 is 14.2 Å². The number of allylic oxidation sites excluding steroid dienone is 8. The molecule has 0 N–H and O–H groups in total. The average Bonchev–Trinajstić information content (AvgIpc) is 3.49. The van der Waals surface area contributed by atoms with E-state index in [1.807, 2.05) is 0 Å². The normalized spacial score (nSPS) is 12.3. The van der Waals surface area contributed by atoms with Crippen molar-refractivity contribution in [3.63, 3.8) is 0 Å². The zero-order valence-corrected chi connectivity index (χ0v) is 56.0. The maximum absolute atomic E-state index is 13.0. The van der Waals surface area contributed by atoms with E-state index >= 15 is 0 Å². The summed E-state index contributed by atoms with van der Waals surface area (Å²) in [5, 5.41) is 0. The van der Waals surface area contributed by atoms with E-state index < -0.39 is 6.10 Å². The highest BCUT2D eigenvalue weighted by molar-refractivity contribution is 5.71. The molecule has 0 aromatic rings. The molecule has 1 atom stereocenters. The quantitative estimate of drug-likeness (QED) is 0.0261. The summed E-state index contributed by atoms with van der Waals surface area (Å²) >= 11 is 0. The minimum atomic E-state index is -0.779. The Kier molecular flexibility index (Phi) is 69.6. The number of hydrogen-bond donors (Lipinski definition) is 0. The molecule has 486 valence electrons. The monoisotopic (exact) mass is 1160 g/mol. The molecule has 0 rings (SSSR count). The van der Waals surface area contributed by atoms with E-state index in [0.29, 0.717) is 19.3 Å². The van der Waals surface area contributed by atoms with Crippen LogP contribution in [-0.2, 0) is 28.6 Å². The van der Waals surface area contributed by atoms with Gasteiger partial charge in [0.05, 0.1) is 0 Å². The van der Waals surface area contributed by atoms with E-state index in [-0.39, 0.29) is 31.1 Å². The molecule has 0 aromatic carbocycles. The Hall–Kier alpha value is -2.63. The van der Waals surface area contributed by atoms with Gasteiger partial charge in [-0.2, -0.15) is 0 Å². The molecule has 0 amide bonds. The third-order valence-electron chi connectivity index (χ3n) is 16.8. The maximum Gasteiger partial charge on any atom is 0.306 e. The highest BCUT2D eigenvalue weighted by atomic mass is 16.6. The van der Waals surface area contributed by atoms with Gasteiger partial charge in [0, 0.05) is 19.3 Å². The van der Waals surface area contributed by atoms with Gasteiger partial charge in [0.25, 0.3) is 0 Å². The Morgan fingerprint density at radius 3 is 0.687 bits per heavy atom. The molecule has 6 heteroatoms. The van der Waals surface area contributed by atoms with Crippen LogP contribution in [0.3, 0.4) is 0 Å². The lowest BCUT2D eigenvalue weighted by Gasteiger charge is -2.18. The summed E-state index contributed by atoms with van der Waals surface area (Å²) in [6, 6.07) is 0. The minimum absolute atomic E-state index is 0.0734. The number of hydrogen-bond acceptors (Lipinski definition) is 6. The Morgan fingerprint density at radius 2 is 0.434 bits per heavy atom. The van der Waals surface area contributed by atoms with Crippen LogP contribution in [0.2, 0.25) is 0 Å². The summed E-state index contributed by atoms with van der Waals surface area (Å²) in [6.45, 7) is 6.69. The molecule has 6 nitrogen and oxygen atoms in total. The lowest BCUT2D eigenvalue weighted by atomic mass is 10.0. The van der Waals surface area contributed by atoms with Gasteiger partial charge in [-0.15, -0.1) is 0 Å². The van der Waals surface area contributed by atoms with E-state index in [9.17, 15) is 14.4 Å². The van der Waals surface area contributed by atoms with Gasteiger partial charge in [-0.3, -0.25) is 14.4 Å². The molecule has 0 radical (unpaired) electrons. The first kappa shape index (κ1) is 80.4. The summed E-state index contributed by atoms with van der Waals surface area (Å²) in [5.41, 5.74) is 0. The van der Waals surface area contributed by atoms with Gasteiger partial charge in [-0.25, -0.2) is 0 Å². The van der Waals surface area contributed by atoms with E-state index in [1.165, 1.54) is 289 Å². The smallest absolute Gasteiger partial charge is 0.306 e. The third-order valence-corrected chi connectivity index (χ3v) is 16.8. The Balaban J connectivity index is 4.25. The molecule has 0 saturated carbocycles. The lowest BCUT2D eigenvalue weighted by Crippen LogP contribution is -2.30. The van der Waals surface area contributed by atoms with Crippen LogP contribution in [0.5, 0.6) is 0 Å². The number of rotatable bonds is 69. The number of carbonyl (C=O) groups is 3. The average molecular weight is 1160 g/mol. The van der Waals surface area contributed by atoms with E-state index in [4.69, 9.17) is 14.2 Å². The zero-order chi connectivity index (χ0) is 59.9. The first-order chi connectivity index (χ1) is 41.0. The number of carbonyl (C=O) groups excluding carboxylic acids is 3. The molecule has 83 heavy (non-hydrogen) atoms. The van der Waals surface area contributed by atoms with Crippen LogP contribution in [0.1, 0.15) is 406 Å². The van der Waals surface area contributed by atoms with E-state index in [0.717, 1.165) is 77.0 Å². The van der Waals surface area contributed by atoms with Gasteiger partial charge in [0.1, 0.15) is 13.2 Å². The second-order valence-electron chi connectivity index (χ2n) is 25.2. The van der Waals surface area contributed by atoms with Crippen LogP contribution >= 0.6 is 0 Å². The van der Waals surface area contributed by atoms with Crippen molar-refractivity contribution < 1.29 is 28.6 Å². The van der Waals surface area contributed by atoms with Gasteiger partial charge in [0.2, 0.25) is 0 Å². The summed E-state index contributed by atoms with van der Waals surface area (Å²) in [5.74, 6) is -0.856. The van der Waals surface area contributed by atoms with Gasteiger partial charge in [-0.05, 0) is 83.5 Å². The molecule has 0 aromatic heterocycles. The number of unbranched alkanes of at least 4 members (excludes halogenated alkanes) is 50. The van der Waals surface area contributed by atoms with Crippen molar-refractivity contribution >= 4 is 17.9 Å². The molecule has 0 bridgehead atoms. The second-order valence-corrected chi connectivity index (χ2v) is 25.2. The summed E-state index contributed by atoms with van der Waals surface area (Å²) in [4.78, 5) is 38.5. The van der Waals surface area contributed by atoms with Crippen molar-refractivity contribution in [2.75, 3.05) is 13.2 Å². The molecular formula is C77H142O6.